The second-order valence-electron chi connectivity index (χ2n) is 10.7. The Bertz CT molecular complexity index is 1960. The van der Waals surface area contributed by atoms with Gasteiger partial charge in [0.15, 0.2) is 0 Å². The molecule has 0 bridgehead atoms. The summed E-state index contributed by atoms with van der Waals surface area (Å²) >= 11 is 3.01. The van der Waals surface area contributed by atoms with Crippen molar-refractivity contribution in [3.05, 3.63) is 82.4 Å². The number of halogens is 1. The molecule has 0 aromatic carbocycles. The van der Waals surface area contributed by atoms with Crippen molar-refractivity contribution in [1.82, 2.24) is 24.0 Å². The summed E-state index contributed by atoms with van der Waals surface area (Å²) in [7, 11) is 4.94. The highest BCUT2D eigenvalue weighted by atomic mass is 79.9. The summed E-state index contributed by atoms with van der Waals surface area (Å²) in [5.41, 5.74) is 8.34. The van der Waals surface area contributed by atoms with Gasteiger partial charge in [0.1, 0.15) is 28.6 Å². The van der Waals surface area contributed by atoms with E-state index in [4.69, 9.17) is 10.9 Å². The number of carbonyl (C=O) groups excluding carboxylic acids is 5. The Balaban J connectivity index is 1.38. The number of amides is 5. The minimum atomic E-state index is -0.498. The van der Waals surface area contributed by atoms with E-state index in [0.717, 1.165) is 0 Å². The van der Waals surface area contributed by atoms with Crippen LogP contribution in [-0.4, -0.2) is 65.8 Å². The van der Waals surface area contributed by atoms with Crippen molar-refractivity contribution in [1.29, 1.82) is 0 Å². The van der Waals surface area contributed by atoms with Crippen LogP contribution in [0.5, 0.6) is 0 Å². The first-order valence-electron chi connectivity index (χ1n) is 14.2. The Labute approximate surface area is 282 Å². The number of aromatic amines is 1. The number of carbonyl (C=O) groups is 5. The van der Waals surface area contributed by atoms with Crippen LogP contribution in [0, 0.1) is 6.92 Å². The molecule has 252 valence electrons. The van der Waals surface area contributed by atoms with Gasteiger partial charge in [-0.1, -0.05) is 11.7 Å². The molecule has 0 saturated carbocycles. The predicted molar refractivity (Wildman–Crippen MR) is 183 cm³/mol. The zero-order valence-electron chi connectivity index (χ0n) is 26.4. The SMILES string of the molecule is C=C(Br)C(=O)Nc1cc(C(=O)Nc2cc(C(=O)Nc3c[nH]c(C(=O)Nc4cc(C(=O)NCCC(N)=NO)n(C)c4)c3C)n(C)c2)n(C)c1. The standard InChI is InChI=1S/C30H34BrN11O6/c1-15-20(11-34-25(15)30(47)37-19-8-21(40(3)14-19)27(44)33-7-6-24(32)39-48)38-29(46)23-10-18(13-42(23)5)36-28(45)22-9-17(12-41(22)4)35-26(43)16(2)31/h8-14,34,48H,2,6-7H2,1,3-5H3,(H2,32,39)(H,33,44)(H,35,43)(H,36,45)(H,37,47)(H,38,46). The molecule has 0 unspecified atom stereocenters. The molecule has 4 rings (SSSR count). The van der Waals surface area contributed by atoms with Crippen LogP contribution in [0.2, 0.25) is 0 Å². The van der Waals surface area contributed by atoms with E-state index >= 15 is 0 Å². The Morgan fingerprint density at radius 2 is 1.31 bits per heavy atom. The number of nitrogens with one attached hydrogen (secondary N) is 6. The summed E-state index contributed by atoms with van der Waals surface area (Å²) in [6, 6.07) is 4.51. The first kappa shape index (κ1) is 34.8. The smallest absolute Gasteiger partial charge is 0.272 e. The summed E-state index contributed by atoms with van der Waals surface area (Å²) < 4.78 is 4.76. The summed E-state index contributed by atoms with van der Waals surface area (Å²) in [4.78, 5) is 66.5. The van der Waals surface area contributed by atoms with E-state index in [2.05, 4.69) is 59.2 Å². The molecule has 18 heteroatoms. The number of aryl methyl sites for hydroxylation is 3. The van der Waals surface area contributed by atoms with Crippen LogP contribution >= 0.6 is 15.9 Å². The highest BCUT2D eigenvalue weighted by Gasteiger charge is 2.21. The lowest BCUT2D eigenvalue weighted by atomic mass is 10.2. The van der Waals surface area contributed by atoms with E-state index in [1.807, 2.05) is 0 Å². The molecule has 4 aromatic rings. The molecule has 0 spiro atoms. The Kier molecular flexibility index (Phi) is 10.6. The lowest BCUT2D eigenvalue weighted by Crippen LogP contribution is -2.29. The van der Waals surface area contributed by atoms with Gasteiger partial charge in [0.2, 0.25) is 0 Å². The molecule has 0 fully saturated rings. The van der Waals surface area contributed by atoms with Gasteiger partial charge in [-0.2, -0.15) is 0 Å². The number of amidine groups is 1. The maximum Gasteiger partial charge on any atom is 0.272 e. The average molecular weight is 725 g/mol. The second kappa shape index (κ2) is 14.6. The van der Waals surface area contributed by atoms with Crippen molar-refractivity contribution in [3.63, 3.8) is 0 Å². The van der Waals surface area contributed by atoms with Gasteiger partial charge < -0.3 is 56.2 Å². The lowest BCUT2D eigenvalue weighted by molar-refractivity contribution is -0.112. The minimum Gasteiger partial charge on any atom is -0.409 e. The first-order valence-corrected chi connectivity index (χ1v) is 15.0. The number of hydrogen-bond acceptors (Lipinski definition) is 7. The fourth-order valence-electron chi connectivity index (χ4n) is 4.66. The molecule has 17 nitrogen and oxygen atoms in total. The van der Waals surface area contributed by atoms with Gasteiger partial charge in [0.25, 0.3) is 29.5 Å². The molecule has 9 N–H and O–H groups in total. The largest absolute Gasteiger partial charge is 0.409 e. The predicted octanol–water partition coefficient (Wildman–Crippen LogP) is 2.81. The van der Waals surface area contributed by atoms with Gasteiger partial charge >= 0.3 is 0 Å². The number of anilines is 4. The Hall–Kier alpha value is -6.04. The molecule has 5 amide bonds. The molecular weight excluding hydrogens is 690 g/mol. The van der Waals surface area contributed by atoms with Gasteiger partial charge in [-0.3, -0.25) is 24.0 Å². The molecular formula is C30H34BrN11O6. The molecule has 0 atom stereocenters. The number of aromatic nitrogens is 4. The molecule has 0 saturated heterocycles. The average Bonchev–Trinajstić information content (AvgIpc) is 3.78. The normalized spacial score (nSPS) is 11.1. The third-order valence-electron chi connectivity index (χ3n) is 7.14. The number of rotatable bonds is 12. The van der Waals surface area contributed by atoms with Crippen LogP contribution in [0.15, 0.2) is 59.2 Å². The van der Waals surface area contributed by atoms with Gasteiger partial charge in [-0.05, 0) is 41.1 Å². The number of nitrogens with zero attached hydrogens (tertiary/aromatic N) is 4. The molecule has 48 heavy (non-hydrogen) atoms. The highest BCUT2D eigenvalue weighted by Crippen LogP contribution is 2.23. The van der Waals surface area contributed by atoms with Crippen LogP contribution in [-0.2, 0) is 25.9 Å². The van der Waals surface area contributed by atoms with E-state index in [0.29, 0.717) is 28.3 Å². The van der Waals surface area contributed by atoms with Crippen LogP contribution in [0.3, 0.4) is 0 Å². The van der Waals surface area contributed by atoms with E-state index in [1.165, 1.54) is 33.5 Å². The van der Waals surface area contributed by atoms with E-state index in [-0.39, 0.29) is 46.1 Å². The Morgan fingerprint density at radius 3 is 1.83 bits per heavy atom. The topological polar surface area (TPSA) is 235 Å². The van der Waals surface area contributed by atoms with Crippen molar-refractivity contribution in [3.8, 4) is 0 Å². The van der Waals surface area contributed by atoms with Gasteiger partial charge in [0, 0.05) is 64.5 Å². The van der Waals surface area contributed by atoms with E-state index < -0.39 is 29.5 Å². The van der Waals surface area contributed by atoms with Gasteiger partial charge in [-0.15, -0.1) is 0 Å². The summed E-state index contributed by atoms with van der Waals surface area (Å²) in [6.45, 7) is 5.33. The molecule has 4 aromatic heterocycles. The van der Waals surface area contributed by atoms with Crippen LogP contribution in [0.4, 0.5) is 22.7 Å². The van der Waals surface area contributed by atoms with Gasteiger partial charge in [-0.25, -0.2) is 0 Å². The number of hydrogen-bond donors (Lipinski definition) is 8. The minimum absolute atomic E-state index is 0.0188. The zero-order chi connectivity index (χ0) is 35.3. The maximum absolute atomic E-state index is 13.2. The van der Waals surface area contributed by atoms with Crippen molar-refractivity contribution in [2.75, 3.05) is 27.8 Å². The monoisotopic (exact) mass is 723 g/mol. The molecule has 0 aliphatic heterocycles. The fourth-order valence-corrected chi connectivity index (χ4v) is 4.75. The van der Waals surface area contributed by atoms with Crippen LogP contribution in [0.1, 0.15) is 53.9 Å². The van der Waals surface area contributed by atoms with Crippen LogP contribution in [0.25, 0.3) is 0 Å². The fraction of sp³-hybridized carbons (Fsp3) is 0.200. The molecule has 0 aliphatic rings. The quantitative estimate of drug-likeness (QED) is 0.0357. The van der Waals surface area contributed by atoms with E-state index in [9.17, 15) is 24.0 Å². The van der Waals surface area contributed by atoms with Gasteiger partial charge in [0.05, 0.1) is 27.2 Å². The van der Waals surface area contributed by atoms with Crippen molar-refractivity contribution in [2.24, 2.45) is 32.0 Å². The molecule has 0 aliphatic carbocycles. The Morgan fingerprint density at radius 1 is 0.833 bits per heavy atom. The summed E-state index contributed by atoms with van der Waals surface area (Å²) in [5.74, 6) is -2.33. The summed E-state index contributed by atoms with van der Waals surface area (Å²) in [5, 5.41) is 25.0. The third-order valence-corrected chi connectivity index (χ3v) is 7.50. The van der Waals surface area contributed by atoms with Crippen LogP contribution < -0.4 is 32.3 Å². The number of oxime groups is 1. The highest BCUT2D eigenvalue weighted by molar-refractivity contribution is 9.12. The third kappa shape index (κ3) is 8.02. The second-order valence-corrected chi connectivity index (χ2v) is 11.7. The first-order chi connectivity index (χ1) is 22.7. The van der Waals surface area contributed by atoms with Crippen molar-refractivity contribution >= 4 is 74.1 Å². The maximum atomic E-state index is 13.2. The van der Waals surface area contributed by atoms with Crippen molar-refractivity contribution in [2.45, 2.75) is 13.3 Å². The van der Waals surface area contributed by atoms with Crippen molar-refractivity contribution < 1.29 is 29.2 Å². The number of nitrogens with two attached hydrogens (primary N) is 1. The zero-order valence-corrected chi connectivity index (χ0v) is 28.0. The lowest BCUT2D eigenvalue weighted by Gasteiger charge is -2.06. The molecule has 0 radical (unpaired) electrons. The summed E-state index contributed by atoms with van der Waals surface area (Å²) in [6.07, 6.45) is 6.36. The molecule has 4 heterocycles. The van der Waals surface area contributed by atoms with E-state index in [1.54, 1.807) is 51.2 Å². The number of H-pyrrole nitrogens is 1.